The molecular weight excluding hydrogens is 250 g/mol. The Balaban J connectivity index is 3.58. The molecule has 0 heterocycles. The Kier molecular flexibility index (Phi) is 6.32. The van der Waals surface area contributed by atoms with Crippen molar-refractivity contribution in [2.45, 2.75) is 46.9 Å². The average Bonchev–Trinajstić information content (AvgIpc) is 2.00. The average molecular weight is 269 g/mol. The normalized spacial score (nSPS) is 12.0. The Morgan fingerprint density at radius 3 is 1.90 bits per heavy atom. The van der Waals surface area contributed by atoms with Crippen LogP contribution in [0.4, 0.5) is 0 Å². The molecule has 0 unspecified atom stereocenters. The molecule has 62 valence electrons. The van der Waals surface area contributed by atoms with Crippen LogP contribution in [-0.4, -0.2) is 17.3 Å². The SMILES string of the molecule is CCC[CH2][Sn]([Cl])([CH2]C)[CH2]C. The van der Waals surface area contributed by atoms with Crippen LogP contribution >= 0.6 is 8.92 Å². The first-order valence-corrected chi connectivity index (χ1v) is 14.0. The monoisotopic (exact) mass is 270 g/mol. The van der Waals surface area contributed by atoms with Gasteiger partial charge in [-0.15, -0.1) is 0 Å². The fourth-order valence-corrected chi connectivity index (χ4v) is 8.26. The van der Waals surface area contributed by atoms with E-state index in [0.29, 0.717) is 0 Å². The minimum absolute atomic E-state index is 1.31. The van der Waals surface area contributed by atoms with E-state index in [1.165, 1.54) is 26.2 Å². The first kappa shape index (κ1) is 11.1. The van der Waals surface area contributed by atoms with E-state index in [2.05, 4.69) is 20.8 Å². The number of rotatable bonds is 5. The topological polar surface area (TPSA) is 0 Å². The number of halogens is 1. The van der Waals surface area contributed by atoms with E-state index in [0.717, 1.165) is 0 Å². The van der Waals surface area contributed by atoms with Gasteiger partial charge in [0.15, 0.2) is 0 Å². The fourth-order valence-electron chi connectivity index (χ4n) is 1.10. The zero-order valence-electron chi connectivity index (χ0n) is 7.41. The van der Waals surface area contributed by atoms with Gasteiger partial charge in [-0.05, 0) is 0 Å². The molecule has 0 saturated heterocycles. The van der Waals surface area contributed by atoms with Crippen LogP contribution in [0.15, 0.2) is 0 Å². The molecule has 0 aliphatic rings. The second-order valence-corrected chi connectivity index (χ2v) is 20.4. The minimum atomic E-state index is -1.94. The Labute approximate surface area is 72.9 Å². The van der Waals surface area contributed by atoms with Crippen LogP contribution in [0.1, 0.15) is 33.6 Å². The summed E-state index contributed by atoms with van der Waals surface area (Å²) in [4.78, 5) is 0. The van der Waals surface area contributed by atoms with Crippen LogP contribution in [0, 0.1) is 0 Å². The van der Waals surface area contributed by atoms with E-state index in [1.54, 1.807) is 0 Å². The van der Waals surface area contributed by atoms with Crippen molar-refractivity contribution in [1.82, 2.24) is 0 Å². The van der Waals surface area contributed by atoms with Gasteiger partial charge in [0, 0.05) is 0 Å². The second-order valence-electron chi connectivity index (χ2n) is 2.96. The van der Waals surface area contributed by atoms with Crippen molar-refractivity contribution in [3.63, 3.8) is 0 Å². The van der Waals surface area contributed by atoms with Crippen molar-refractivity contribution in [2.75, 3.05) is 0 Å². The van der Waals surface area contributed by atoms with E-state index in [-0.39, 0.29) is 0 Å². The molecule has 0 aromatic heterocycles. The summed E-state index contributed by atoms with van der Waals surface area (Å²) in [7, 11) is 6.50. The molecule has 0 bridgehead atoms. The van der Waals surface area contributed by atoms with Crippen molar-refractivity contribution in [2.24, 2.45) is 0 Å². The predicted octanol–water partition coefficient (Wildman–Crippen LogP) is 4.01. The molecule has 0 aliphatic heterocycles. The molecule has 0 rings (SSSR count). The first-order valence-electron chi connectivity index (χ1n) is 4.37. The number of unbranched alkanes of at least 4 members (excludes halogenated alkanes) is 1. The summed E-state index contributed by atoms with van der Waals surface area (Å²) in [5.74, 6) is 0. The van der Waals surface area contributed by atoms with E-state index in [4.69, 9.17) is 8.92 Å². The number of hydrogen-bond acceptors (Lipinski definition) is 0. The summed E-state index contributed by atoms with van der Waals surface area (Å²) >= 11 is -1.94. The Hall–Kier alpha value is 1.09. The van der Waals surface area contributed by atoms with Crippen LogP contribution in [-0.2, 0) is 0 Å². The Morgan fingerprint density at radius 2 is 1.60 bits per heavy atom. The fraction of sp³-hybridized carbons (Fsp3) is 1.00. The molecule has 0 N–H and O–H groups in total. The van der Waals surface area contributed by atoms with Crippen LogP contribution in [0.2, 0.25) is 13.3 Å². The molecule has 0 atom stereocenters. The summed E-state index contributed by atoms with van der Waals surface area (Å²) in [5, 5.41) is 0. The van der Waals surface area contributed by atoms with Gasteiger partial charge in [-0.1, -0.05) is 0 Å². The van der Waals surface area contributed by atoms with Gasteiger partial charge >= 0.3 is 73.1 Å². The Bertz CT molecular complexity index is 79.3. The summed E-state index contributed by atoms with van der Waals surface area (Å²) in [6.45, 7) is 6.78. The van der Waals surface area contributed by atoms with Gasteiger partial charge in [0.2, 0.25) is 0 Å². The zero-order valence-corrected chi connectivity index (χ0v) is 11.0. The van der Waals surface area contributed by atoms with Gasteiger partial charge in [0.05, 0.1) is 0 Å². The van der Waals surface area contributed by atoms with Gasteiger partial charge in [-0.25, -0.2) is 0 Å². The third-order valence-corrected chi connectivity index (χ3v) is 17.9. The van der Waals surface area contributed by atoms with Crippen LogP contribution < -0.4 is 0 Å². The van der Waals surface area contributed by atoms with Crippen LogP contribution in [0.5, 0.6) is 0 Å². The molecule has 0 aromatic carbocycles. The molecule has 2 heteroatoms. The van der Waals surface area contributed by atoms with Gasteiger partial charge in [-0.2, -0.15) is 0 Å². The van der Waals surface area contributed by atoms with E-state index >= 15 is 0 Å². The van der Waals surface area contributed by atoms with E-state index in [1.807, 2.05) is 0 Å². The zero-order chi connectivity index (χ0) is 8.04. The second kappa shape index (κ2) is 5.70. The van der Waals surface area contributed by atoms with Gasteiger partial charge < -0.3 is 0 Å². The molecule has 0 saturated carbocycles. The van der Waals surface area contributed by atoms with Crippen LogP contribution in [0.3, 0.4) is 0 Å². The molecular formula is C8H19ClSn. The van der Waals surface area contributed by atoms with Crippen molar-refractivity contribution in [3.05, 3.63) is 0 Å². The maximum atomic E-state index is 6.50. The quantitative estimate of drug-likeness (QED) is 0.662. The molecule has 0 amide bonds. The van der Waals surface area contributed by atoms with Crippen molar-refractivity contribution in [1.29, 1.82) is 0 Å². The molecule has 10 heavy (non-hydrogen) atoms. The molecule has 0 aliphatic carbocycles. The maximum absolute atomic E-state index is 6.50. The van der Waals surface area contributed by atoms with Crippen LogP contribution in [0.25, 0.3) is 0 Å². The predicted molar refractivity (Wildman–Crippen MR) is 52.3 cm³/mol. The van der Waals surface area contributed by atoms with Crippen molar-refractivity contribution < 1.29 is 0 Å². The molecule has 0 fully saturated rings. The number of hydrogen-bond donors (Lipinski definition) is 0. The summed E-state index contributed by atoms with van der Waals surface area (Å²) in [5.41, 5.74) is 0. The molecule has 0 spiro atoms. The summed E-state index contributed by atoms with van der Waals surface area (Å²) < 4.78 is 4.01. The molecule has 0 aromatic rings. The standard InChI is InChI=1S/C4H9.2C2H5.ClH.Sn/c1-3-4-2;2*1-2;;/h1,3-4H2,2H3;2*1H2,2H3;1H;/q;;;;+1/p-1. The molecule has 0 radical (unpaired) electrons. The van der Waals surface area contributed by atoms with E-state index in [9.17, 15) is 0 Å². The van der Waals surface area contributed by atoms with Gasteiger partial charge in [0.1, 0.15) is 0 Å². The first-order chi connectivity index (χ1) is 4.68. The molecule has 0 nitrogen and oxygen atoms in total. The third kappa shape index (κ3) is 4.07. The third-order valence-electron chi connectivity index (χ3n) is 2.25. The summed E-state index contributed by atoms with van der Waals surface area (Å²) in [6.07, 6.45) is 2.67. The van der Waals surface area contributed by atoms with E-state index < -0.39 is 17.3 Å². The summed E-state index contributed by atoms with van der Waals surface area (Å²) in [6, 6.07) is 0. The van der Waals surface area contributed by atoms with Crippen molar-refractivity contribution >= 4 is 26.2 Å². The van der Waals surface area contributed by atoms with Gasteiger partial charge in [-0.3, -0.25) is 0 Å². The Morgan fingerprint density at radius 1 is 1.10 bits per heavy atom. The van der Waals surface area contributed by atoms with Crippen molar-refractivity contribution in [3.8, 4) is 0 Å². The van der Waals surface area contributed by atoms with Gasteiger partial charge in [0.25, 0.3) is 0 Å².